The third-order valence-electron chi connectivity index (χ3n) is 8.79. The Labute approximate surface area is 245 Å². The van der Waals surface area contributed by atoms with E-state index < -0.39 is 10.0 Å². The molecule has 9 nitrogen and oxygen atoms in total. The van der Waals surface area contributed by atoms with Crippen LogP contribution in [-0.2, 0) is 25.0 Å². The number of sulfonamides is 1. The van der Waals surface area contributed by atoms with Crippen molar-refractivity contribution in [2.45, 2.75) is 62.7 Å². The maximum absolute atomic E-state index is 13.2. The number of likely N-dealkylation sites (tertiary alicyclic amines) is 2. The van der Waals surface area contributed by atoms with E-state index in [1.54, 1.807) is 33.1 Å². The van der Waals surface area contributed by atoms with E-state index in [4.69, 9.17) is 9.47 Å². The second-order valence-corrected chi connectivity index (χ2v) is 13.5. The summed E-state index contributed by atoms with van der Waals surface area (Å²) in [6.07, 6.45) is 10.5. The average Bonchev–Trinajstić information content (AvgIpc) is 3.49. The molecule has 0 radical (unpaired) electrons. The summed E-state index contributed by atoms with van der Waals surface area (Å²) in [5, 5.41) is 0. The molecular formula is C31H46N4O5S. The molecule has 2 aliphatic heterocycles. The Hall–Kier alpha value is -2.53. The number of pyridine rings is 1. The molecule has 1 amide bonds. The molecule has 0 unspecified atom stereocenters. The smallest absolute Gasteiger partial charge is 0.248 e. The second kappa shape index (κ2) is 14.1. The largest absolute Gasteiger partial charge is 0.497 e. The van der Waals surface area contributed by atoms with Gasteiger partial charge in [-0.25, -0.2) is 8.42 Å². The van der Waals surface area contributed by atoms with Crippen molar-refractivity contribution in [2.24, 2.45) is 0 Å². The highest BCUT2D eigenvalue weighted by atomic mass is 32.2. The molecule has 2 aliphatic rings. The van der Waals surface area contributed by atoms with Crippen LogP contribution in [0.25, 0.3) is 0 Å². The highest BCUT2D eigenvalue weighted by molar-refractivity contribution is 7.89. The molecule has 41 heavy (non-hydrogen) atoms. The molecule has 1 aromatic carbocycles. The minimum Gasteiger partial charge on any atom is -0.497 e. The number of amides is 1. The van der Waals surface area contributed by atoms with Crippen LogP contribution in [0.4, 0.5) is 0 Å². The number of benzene rings is 1. The number of aromatic nitrogens is 1. The maximum atomic E-state index is 13.2. The SMILES string of the molecule is COc1cc(C)c(S(=O)(=O)N(C)CCOCC(=O)N2CCC(CCCN3CCCC3)(c3cccnc3)CC2)c(C)c1. The fourth-order valence-electron chi connectivity index (χ4n) is 6.35. The quantitative estimate of drug-likeness (QED) is 0.330. The second-order valence-electron chi connectivity index (χ2n) is 11.5. The van der Waals surface area contributed by atoms with Gasteiger partial charge in [-0.05, 0) is 107 Å². The van der Waals surface area contributed by atoms with Crippen LogP contribution in [0.3, 0.4) is 0 Å². The third kappa shape index (κ3) is 7.66. The Morgan fingerprint density at radius 2 is 1.78 bits per heavy atom. The van der Waals surface area contributed by atoms with Crippen molar-refractivity contribution >= 4 is 15.9 Å². The zero-order valence-electron chi connectivity index (χ0n) is 25.1. The van der Waals surface area contributed by atoms with Crippen molar-refractivity contribution in [2.75, 3.05) is 66.6 Å². The first-order valence-electron chi connectivity index (χ1n) is 14.8. The predicted octanol–water partition coefficient (Wildman–Crippen LogP) is 3.78. The Balaban J connectivity index is 1.26. The van der Waals surface area contributed by atoms with Gasteiger partial charge in [0.2, 0.25) is 15.9 Å². The summed E-state index contributed by atoms with van der Waals surface area (Å²) >= 11 is 0. The van der Waals surface area contributed by atoms with Gasteiger partial charge in [0.15, 0.2) is 0 Å². The first kappa shape index (κ1) is 31.4. The molecule has 0 spiro atoms. The Kier molecular flexibility index (Phi) is 10.8. The van der Waals surface area contributed by atoms with Crippen molar-refractivity contribution < 1.29 is 22.7 Å². The van der Waals surface area contributed by atoms with Crippen LogP contribution in [-0.4, -0.2) is 100 Å². The van der Waals surface area contributed by atoms with Gasteiger partial charge >= 0.3 is 0 Å². The van der Waals surface area contributed by atoms with Gasteiger partial charge in [-0.3, -0.25) is 9.78 Å². The molecular weight excluding hydrogens is 540 g/mol. The summed E-state index contributed by atoms with van der Waals surface area (Å²) in [6.45, 7) is 8.71. The maximum Gasteiger partial charge on any atom is 0.248 e. The van der Waals surface area contributed by atoms with Crippen molar-refractivity contribution in [3.63, 3.8) is 0 Å². The molecule has 3 heterocycles. The summed E-state index contributed by atoms with van der Waals surface area (Å²) in [5.41, 5.74) is 2.58. The first-order valence-corrected chi connectivity index (χ1v) is 16.2. The van der Waals surface area contributed by atoms with Crippen LogP contribution >= 0.6 is 0 Å². The van der Waals surface area contributed by atoms with E-state index in [9.17, 15) is 13.2 Å². The van der Waals surface area contributed by atoms with Gasteiger partial charge in [0, 0.05) is 44.5 Å². The standard InChI is InChI=1S/C31H46N4O5S/c1-25-21-28(39-4)22-26(2)30(25)41(37,38)33(3)19-20-40-24-29(36)35-17-11-31(12-18-35,27-9-7-13-32-23-27)10-8-16-34-14-5-6-15-34/h7,9,13,21-23H,5-6,8,10-12,14-20,24H2,1-4H3. The van der Waals surface area contributed by atoms with E-state index in [0.717, 1.165) is 32.2 Å². The summed E-state index contributed by atoms with van der Waals surface area (Å²) in [6, 6.07) is 7.64. The number of piperidine rings is 1. The van der Waals surface area contributed by atoms with Crippen LogP contribution in [0.5, 0.6) is 5.75 Å². The lowest BCUT2D eigenvalue weighted by molar-refractivity contribution is -0.137. The molecule has 0 aliphatic carbocycles. The number of ether oxygens (including phenoxy) is 2. The number of nitrogens with zero attached hydrogens (tertiary/aromatic N) is 4. The summed E-state index contributed by atoms with van der Waals surface area (Å²) in [4.78, 5) is 22.1. The molecule has 4 rings (SSSR count). The molecule has 0 saturated carbocycles. The van der Waals surface area contributed by atoms with Crippen LogP contribution < -0.4 is 4.74 Å². The number of aryl methyl sites for hydroxylation is 2. The minimum atomic E-state index is -3.70. The zero-order valence-corrected chi connectivity index (χ0v) is 25.9. The highest BCUT2D eigenvalue weighted by Crippen LogP contribution is 2.39. The van der Waals surface area contributed by atoms with Crippen LogP contribution in [0.1, 0.15) is 55.2 Å². The van der Waals surface area contributed by atoms with Crippen LogP contribution in [0.2, 0.25) is 0 Å². The van der Waals surface area contributed by atoms with Crippen LogP contribution in [0, 0.1) is 13.8 Å². The van der Waals surface area contributed by atoms with Gasteiger partial charge in [-0.2, -0.15) is 4.31 Å². The van der Waals surface area contributed by atoms with Crippen molar-refractivity contribution in [3.05, 3.63) is 53.3 Å². The Morgan fingerprint density at radius 1 is 1.10 bits per heavy atom. The molecule has 2 fully saturated rings. The number of likely N-dealkylation sites (N-methyl/N-ethyl adjacent to an activating group) is 1. The molecule has 2 aromatic rings. The normalized spacial score (nSPS) is 17.7. The topological polar surface area (TPSA) is 92.3 Å². The number of hydrogen-bond donors (Lipinski definition) is 0. The lowest BCUT2D eigenvalue weighted by Crippen LogP contribution is -2.46. The monoisotopic (exact) mass is 586 g/mol. The molecule has 10 heteroatoms. The van der Waals surface area contributed by atoms with E-state index in [2.05, 4.69) is 16.0 Å². The minimum absolute atomic E-state index is 0.0421. The molecule has 0 bridgehead atoms. The van der Waals surface area contributed by atoms with Gasteiger partial charge in [0.1, 0.15) is 12.4 Å². The van der Waals surface area contributed by atoms with Gasteiger partial charge < -0.3 is 19.3 Å². The number of carbonyl (C=O) groups is 1. The van der Waals surface area contributed by atoms with Gasteiger partial charge in [-0.1, -0.05) is 6.07 Å². The van der Waals surface area contributed by atoms with Crippen molar-refractivity contribution in [1.82, 2.24) is 19.1 Å². The first-order chi connectivity index (χ1) is 19.7. The molecule has 2 saturated heterocycles. The fraction of sp³-hybridized carbons (Fsp3) is 0.613. The lowest BCUT2D eigenvalue weighted by atomic mass is 9.70. The van der Waals surface area contributed by atoms with Crippen molar-refractivity contribution in [1.29, 1.82) is 0 Å². The van der Waals surface area contributed by atoms with E-state index in [-0.39, 0.29) is 36.0 Å². The van der Waals surface area contributed by atoms with E-state index in [0.29, 0.717) is 30.0 Å². The number of carbonyl (C=O) groups excluding carboxylic acids is 1. The van der Waals surface area contributed by atoms with Gasteiger partial charge in [-0.15, -0.1) is 0 Å². The summed E-state index contributed by atoms with van der Waals surface area (Å²) in [5.74, 6) is 0.579. The van der Waals surface area contributed by atoms with E-state index in [1.165, 1.54) is 42.8 Å². The van der Waals surface area contributed by atoms with Gasteiger partial charge in [0.05, 0.1) is 18.6 Å². The number of hydrogen-bond acceptors (Lipinski definition) is 7. The number of rotatable bonds is 13. The molecule has 226 valence electrons. The summed E-state index contributed by atoms with van der Waals surface area (Å²) in [7, 11) is -0.607. The van der Waals surface area contributed by atoms with E-state index >= 15 is 0 Å². The third-order valence-corrected chi connectivity index (χ3v) is 11.0. The van der Waals surface area contributed by atoms with Gasteiger partial charge in [0.25, 0.3) is 0 Å². The fourth-order valence-corrected chi connectivity index (χ4v) is 7.90. The van der Waals surface area contributed by atoms with Crippen LogP contribution in [0.15, 0.2) is 41.6 Å². The summed E-state index contributed by atoms with van der Waals surface area (Å²) < 4.78 is 38.7. The van der Waals surface area contributed by atoms with E-state index in [1.807, 2.05) is 23.4 Å². The Morgan fingerprint density at radius 3 is 2.39 bits per heavy atom. The molecule has 0 atom stereocenters. The molecule has 1 aromatic heterocycles. The predicted molar refractivity (Wildman–Crippen MR) is 160 cm³/mol. The number of methoxy groups -OCH3 is 1. The Bertz CT molecular complexity index is 1230. The zero-order chi connectivity index (χ0) is 29.5. The van der Waals surface area contributed by atoms with Crippen molar-refractivity contribution in [3.8, 4) is 5.75 Å². The average molecular weight is 587 g/mol. The highest BCUT2D eigenvalue weighted by Gasteiger charge is 2.37. The lowest BCUT2D eigenvalue weighted by Gasteiger charge is -2.42. The molecule has 0 N–H and O–H groups in total.